The third-order valence-electron chi connectivity index (χ3n) is 13.0. The second-order valence-electron chi connectivity index (χ2n) is 19.0. The number of halogens is 4. The van der Waals surface area contributed by atoms with E-state index in [4.69, 9.17) is 9.47 Å². The lowest BCUT2D eigenvalue weighted by Crippen LogP contribution is -2.36. The highest BCUT2D eigenvalue weighted by atomic mass is 19.3. The molecular weight excluding hydrogens is 1040 g/mol. The summed E-state index contributed by atoms with van der Waals surface area (Å²) in [6.45, 7) is 1.03. The van der Waals surface area contributed by atoms with Crippen LogP contribution in [0.3, 0.4) is 0 Å². The van der Waals surface area contributed by atoms with Crippen molar-refractivity contribution in [1.82, 2.24) is 60.3 Å². The Hall–Kier alpha value is -9.56. The maximum atomic E-state index is 14.4. The van der Waals surface area contributed by atoms with E-state index < -0.39 is 46.9 Å². The van der Waals surface area contributed by atoms with Crippen molar-refractivity contribution in [2.45, 2.75) is 58.2 Å². The molecule has 1 aliphatic carbocycles. The molecule has 7 amide bonds. The molecule has 1 fully saturated rings. The molecule has 410 valence electrons. The summed E-state index contributed by atoms with van der Waals surface area (Å²) in [7, 11) is 3.50. The van der Waals surface area contributed by atoms with Crippen molar-refractivity contribution in [2.75, 3.05) is 44.5 Å². The normalized spacial score (nSPS) is 15.6. The van der Waals surface area contributed by atoms with Gasteiger partial charge in [-0.15, -0.1) is 0 Å². The third-order valence-corrected chi connectivity index (χ3v) is 13.0. The highest BCUT2D eigenvalue weighted by Crippen LogP contribution is 2.31. The summed E-state index contributed by atoms with van der Waals surface area (Å²) >= 11 is 0. The molecule has 0 radical (unpaired) electrons. The number of benzene rings is 2. The van der Waals surface area contributed by atoms with E-state index in [0.29, 0.717) is 46.1 Å². The molecule has 23 nitrogen and oxygen atoms in total. The number of ether oxygens (including phenoxy) is 2. The SMILES string of the molecule is CC(F)(F)c1ccc(CNC(=O)c2cc(C(=O)NCc3ccc4c(c3)NC(=O)CO4)nc3c(F)cnn23)cn1.CN(C)C(=O)C1CCC(CNC(=O)c2cc(C(=O)NCc3ccc4c(c3)NC(=O)CO4)nc3c(F)cnn23)CC1. The van der Waals surface area contributed by atoms with Crippen molar-refractivity contribution >= 4 is 64.0 Å². The van der Waals surface area contributed by atoms with Crippen molar-refractivity contribution in [3.05, 3.63) is 136 Å². The lowest BCUT2D eigenvalue weighted by molar-refractivity contribution is -0.134. The van der Waals surface area contributed by atoms with E-state index in [1.807, 2.05) is 0 Å². The van der Waals surface area contributed by atoms with E-state index in [-0.39, 0.29) is 96.5 Å². The first-order chi connectivity index (χ1) is 37.8. The highest BCUT2D eigenvalue weighted by Gasteiger charge is 2.29. The topological polar surface area (TPSA) is 287 Å². The van der Waals surface area contributed by atoms with Crippen molar-refractivity contribution < 1.29 is 60.6 Å². The smallest absolute Gasteiger partial charge is 0.286 e. The molecule has 2 aromatic carbocycles. The Balaban J connectivity index is 0.000000192. The molecule has 10 rings (SSSR count). The fourth-order valence-electron chi connectivity index (χ4n) is 8.82. The number of fused-ring (bicyclic) bond motifs is 4. The largest absolute Gasteiger partial charge is 0.482 e. The van der Waals surface area contributed by atoms with Gasteiger partial charge < -0.3 is 46.3 Å². The monoisotopic (exact) mass is 1090 g/mol. The van der Waals surface area contributed by atoms with Crippen LogP contribution in [0.2, 0.25) is 0 Å². The van der Waals surface area contributed by atoms with Crippen molar-refractivity contribution in [3.63, 3.8) is 0 Å². The van der Waals surface area contributed by atoms with Crippen molar-refractivity contribution in [1.29, 1.82) is 0 Å². The molecule has 7 heterocycles. The molecule has 6 N–H and O–H groups in total. The summed E-state index contributed by atoms with van der Waals surface area (Å²) in [6, 6.07) is 15.1. The molecule has 27 heteroatoms. The number of carbonyl (C=O) groups is 7. The van der Waals surface area contributed by atoms with Crippen LogP contribution < -0.4 is 41.4 Å². The number of hydrogen-bond donors (Lipinski definition) is 6. The van der Waals surface area contributed by atoms with Gasteiger partial charge >= 0.3 is 0 Å². The minimum absolute atomic E-state index is 0.00304. The molecule has 5 aromatic heterocycles. The molecule has 79 heavy (non-hydrogen) atoms. The van der Waals surface area contributed by atoms with E-state index in [1.165, 1.54) is 18.3 Å². The van der Waals surface area contributed by atoms with Crippen LogP contribution in [0.5, 0.6) is 11.5 Å². The van der Waals surface area contributed by atoms with Crippen LogP contribution in [0.15, 0.2) is 79.3 Å². The number of alkyl halides is 2. The van der Waals surface area contributed by atoms with Gasteiger partial charge in [-0.25, -0.2) is 27.8 Å². The van der Waals surface area contributed by atoms with Gasteiger partial charge in [-0.2, -0.15) is 19.0 Å². The van der Waals surface area contributed by atoms with Gasteiger partial charge in [-0.3, -0.25) is 38.5 Å². The molecule has 0 unspecified atom stereocenters. The maximum absolute atomic E-state index is 14.4. The van der Waals surface area contributed by atoms with Crippen LogP contribution in [0.25, 0.3) is 11.3 Å². The van der Waals surface area contributed by atoms with Crippen LogP contribution >= 0.6 is 0 Å². The average molecular weight is 1090 g/mol. The zero-order chi connectivity index (χ0) is 56.1. The molecule has 0 atom stereocenters. The van der Waals surface area contributed by atoms with Gasteiger partial charge in [0.15, 0.2) is 36.1 Å². The Labute approximate surface area is 445 Å². The van der Waals surface area contributed by atoms with E-state index in [0.717, 1.165) is 66.2 Å². The zero-order valence-corrected chi connectivity index (χ0v) is 42.5. The second-order valence-corrected chi connectivity index (χ2v) is 19.0. The van der Waals surface area contributed by atoms with Gasteiger partial charge in [0.05, 0.1) is 23.8 Å². The number of carbonyl (C=O) groups excluding carboxylic acids is 7. The maximum Gasteiger partial charge on any atom is 0.286 e. The van der Waals surface area contributed by atoms with Crippen LogP contribution in [-0.2, 0) is 39.9 Å². The molecule has 7 aromatic rings. The van der Waals surface area contributed by atoms with Gasteiger partial charge in [0.25, 0.3) is 41.4 Å². The summed E-state index contributed by atoms with van der Waals surface area (Å²) in [4.78, 5) is 101. The first-order valence-electron chi connectivity index (χ1n) is 24.6. The van der Waals surface area contributed by atoms with E-state index in [9.17, 15) is 51.1 Å². The van der Waals surface area contributed by atoms with Crippen LogP contribution in [0, 0.1) is 23.5 Å². The zero-order valence-electron chi connectivity index (χ0n) is 42.5. The molecule has 0 saturated heterocycles. The first kappa shape index (κ1) is 54.2. The van der Waals surface area contributed by atoms with Gasteiger partial charge in [0.1, 0.15) is 40.0 Å². The minimum atomic E-state index is -3.10. The lowest BCUT2D eigenvalue weighted by atomic mass is 9.81. The summed E-state index contributed by atoms with van der Waals surface area (Å²) in [5.74, 6) is -6.45. The Morgan fingerprint density at radius 2 is 1.11 bits per heavy atom. The van der Waals surface area contributed by atoms with E-state index >= 15 is 0 Å². The van der Waals surface area contributed by atoms with Gasteiger partial charge in [0, 0.05) is 71.4 Å². The predicted octanol–water partition coefficient (Wildman–Crippen LogP) is 4.32. The second kappa shape index (κ2) is 23.0. The van der Waals surface area contributed by atoms with Gasteiger partial charge in [0.2, 0.25) is 5.91 Å². The quantitative estimate of drug-likeness (QED) is 0.0828. The molecular formula is C52H50F4N14O9. The molecule has 0 spiro atoms. The fraction of sp³-hybridized carbons (Fsp3) is 0.308. The Bertz CT molecular complexity index is 3540. The average Bonchev–Trinajstić information content (AvgIpc) is 4.17. The number of amides is 7. The van der Waals surface area contributed by atoms with Crippen LogP contribution in [0.1, 0.15) is 96.9 Å². The standard InChI is InChI=1S/C27H30FN7O5.C25H20F3N7O4/c1-34(2)27(39)17-6-3-15(4-7-17)11-30-26(38)21-10-20(33-24-18(28)13-31-35(21)24)25(37)29-12-16-5-8-22-19(9-16)32-23(36)14-40-22;1-25(27,28)20-5-3-14(9-29-20)10-31-24(38)18-7-17(34-22-15(26)11-32-35(18)22)23(37)30-8-13-2-4-19-16(6-13)33-21(36)12-39-19/h5,8-10,13,15,17H,3-4,6-7,11-12,14H2,1-2H3,(H,29,37)(H,30,38)(H,32,36);2-7,9,11H,8,10,12H2,1H3,(H,30,37)(H,31,38)(H,33,36). The lowest BCUT2D eigenvalue weighted by Gasteiger charge is -2.29. The Morgan fingerprint density at radius 1 is 0.646 bits per heavy atom. The summed E-state index contributed by atoms with van der Waals surface area (Å²) in [5, 5.41) is 23.9. The van der Waals surface area contributed by atoms with Crippen LogP contribution in [0.4, 0.5) is 28.9 Å². The molecule has 1 saturated carbocycles. The number of hydrogen-bond acceptors (Lipinski definition) is 14. The summed E-state index contributed by atoms with van der Waals surface area (Å²) < 4.78 is 68.2. The predicted molar refractivity (Wildman–Crippen MR) is 271 cm³/mol. The van der Waals surface area contributed by atoms with Crippen molar-refractivity contribution in [2.24, 2.45) is 11.8 Å². The van der Waals surface area contributed by atoms with E-state index in [1.54, 1.807) is 55.4 Å². The first-order valence-corrected chi connectivity index (χ1v) is 24.6. The number of aromatic nitrogens is 7. The summed E-state index contributed by atoms with van der Waals surface area (Å²) in [5.41, 5.74) is 1.17. The Kier molecular flexibility index (Phi) is 15.8. The number of pyridine rings is 1. The van der Waals surface area contributed by atoms with Gasteiger partial charge in [-0.1, -0.05) is 18.2 Å². The van der Waals surface area contributed by atoms with Crippen LogP contribution in [-0.4, -0.2) is 114 Å². The third kappa shape index (κ3) is 12.7. The minimum Gasteiger partial charge on any atom is -0.482 e. The highest BCUT2D eigenvalue weighted by molar-refractivity contribution is 6.00. The summed E-state index contributed by atoms with van der Waals surface area (Å²) in [6.07, 6.45) is 6.13. The van der Waals surface area contributed by atoms with E-state index in [2.05, 4.69) is 57.1 Å². The Morgan fingerprint density at radius 3 is 1.58 bits per heavy atom. The molecule has 3 aliphatic rings. The fourth-order valence-corrected chi connectivity index (χ4v) is 8.82. The number of nitrogens with zero attached hydrogens (tertiary/aromatic N) is 8. The van der Waals surface area contributed by atoms with Crippen molar-refractivity contribution in [3.8, 4) is 11.5 Å². The number of nitrogens with one attached hydrogen (secondary N) is 6. The number of anilines is 2. The van der Waals surface area contributed by atoms with Gasteiger partial charge in [-0.05, 0) is 78.6 Å². The number of rotatable bonds is 14. The molecule has 2 aliphatic heterocycles. The molecule has 0 bridgehead atoms.